The fraction of sp³-hybridized carbons (Fsp3) is 0.300. The van der Waals surface area contributed by atoms with Gasteiger partial charge < -0.3 is 14.2 Å². The van der Waals surface area contributed by atoms with Gasteiger partial charge in [-0.15, -0.1) is 0 Å². The first-order valence-electron chi connectivity index (χ1n) is 4.32. The van der Waals surface area contributed by atoms with Gasteiger partial charge in [-0.2, -0.15) is 0 Å². The van der Waals surface area contributed by atoms with Gasteiger partial charge in [0.1, 0.15) is 12.4 Å². The summed E-state index contributed by atoms with van der Waals surface area (Å²) in [6.45, 7) is 3.51. The fourth-order valence-electron chi connectivity index (χ4n) is 1.18. The topological polar surface area (TPSA) is 66.1 Å². The zero-order chi connectivity index (χ0) is 11.3. The van der Waals surface area contributed by atoms with Crippen LogP contribution in [0, 0.1) is 0 Å². The second-order valence-electron chi connectivity index (χ2n) is 2.64. The van der Waals surface area contributed by atoms with E-state index in [1.165, 1.54) is 0 Å². The van der Waals surface area contributed by atoms with Crippen molar-refractivity contribution < 1.29 is 14.2 Å². The van der Waals surface area contributed by atoms with Crippen molar-refractivity contribution >= 4 is 12.4 Å². The Balaban J connectivity index is 3.20. The van der Waals surface area contributed by atoms with Gasteiger partial charge in [-0.25, -0.2) is 0 Å². The van der Waals surface area contributed by atoms with Gasteiger partial charge >= 0.3 is 0 Å². The SMILES string of the molecule is C=Nc1cc(OC)c(OC)cc1OCN. The summed E-state index contributed by atoms with van der Waals surface area (Å²) in [5, 5.41) is 0. The number of aliphatic imine (C=N–C) groups is 1. The number of ether oxygens (including phenoxy) is 3. The Morgan fingerprint density at radius 1 is 1.20 bits per heavy atom. The summed E-state index contributed by atoms with van der Waals surface area (Å²) in [6.07, 6.45) is 0. The smallest absolute Gasteiger partial charge is 0.164 e. The van der Waals surface area contributed by atoms with Crippen molar-refractivity contribution in [2.45, 2.75) is 0 Å². The first-order valence-corrected chi connectivity index (χ1v) is 4.32. The number of hydrogen-bond acceptors (Lipinski definition) is 5. The van der Waals surface area contributed by atoms with Crippen molar-refractivity contribution in [3.05, 3.63) is 12.1 Å². The maximum absolute atomic E-state index is 5.29. The van der Waals surface area contributed by atoms with E-state index < -0.39 is 0 Å². The van der Waals surface area contributed by atoms with Crippen molar-refractivity contribution in [2.24, 2.45) is 10.7 Å². The Hall–Kier alpha value is -1.75. The van der Waals surface area contributed by atoms with E-state index in [0.717, 1.165) is 0 Å². The maximum Gasteiger partial charge on any atom is 0.164 e. The van der Waals surface area contributed by atoms with Crippen molar-refractivity contribution in [2.75, 3.05) is 21.0 Å². The lowest BCUT2D eigenvalue weighted by atomic mass is 10.2. The predicted molar refractivity (Wildman–Crippen MR) is 58.4 cm³/mol. The zero-order valence-corrected chi connectivity index (χ0v) is 8.82. The molecule has 82 valence electrons. The molecule has 0 spiro atoms. The van der Waals surface area contributed by atoms with E-state index in [-0.39, 0.29) is 6.73 Å². The van der Waals surface area contributed by atoms with Crippen molar-refractivity contribution in [3.63, 3.8) is 0 Å². The van der Waals surface area contributed by atoms with Crippen LogP contribution >= 0.6 is 0 Å². The molecule has 0 radical (unpaired) electrons. The maximum atomic E-state index is 5.29. The Morgan fingerprint density at radius 2 is 1.80 bits per heavy atom. The summed E-state index contributed by atoms with van der Waals surface area (Å²) in [5.74, 6) is 1.66. The van der Waals surface area contributed by atoms with Crippen molar-refractivity contribution in [3.8, 4) is 17.2 Å². The molecular weight excluding hydrogens is 196 g/mol. The number of nitrogens with two attached hydrogens (primary N) is 1. The van der Waals surface area contributed by atoms with Crippen LogP contribution in [0.15, 0.2) is 17.1 Å². The van der Waals surface area contributed by atoms with Crippen LogP contribution in [-0.4, -0.2) is 27.7 Å². The lowest BCUT2D eigenvalue weighted by Gasteiger charge is -2.12. The molecule has 0 aliphatic rings. The minimum atomic E-state index is 0.0675. The first kappa shape index (κ1) is 11.3. The molecule has 0 aromatic heterocycles. The van der Waals surface area contributed by atoms with E-state index in [1.54, 1.807) is 26.4 Å². The van der Waals surface area contributed by atoms with Crippen molar-refractivity contribution in [1.29, 1.82) is 0 Å². The molecule has 0 bridgehead atoms. The summed E-state index contributed by atoms with van der Waals surface area (Å²) in [6, 6.07) is 3.34. The Bertz CT molecular complexity index is 353. The van der Waals surface area contributed by atoms with E-state index in [4.69, 9.17) is 19.9 Å². The molecule has 5 nitrogen and oxygen atoms in total. The fourth-order valence-corrected chi connectivity index (χ4v) is 1.18. The summed E-state index contributed by atoms with van der Waals surface area (Å²) in [4.78, 5) is 3.81. The summed E-state index contributed by atoms with van der Waals surface area (Å²) >= 11 is 0. The number of benzene rings is 1. The molecule has 0 saturated heterocycles. The summed E-state index contributed by atoms with van der Waals surface area (Å²) in [7, 11) is 3.10. The van der Waals surface area contributed by atoms with Gasteiger partial charge in [0.05, 0.1) is 14.2 Å². The second-order valence-corrected chi connectivity index (χ2v) is 2.64. The highest BCUT2D eigenvalue weighted by Gasteiger charge is 2.10. The van der Waals surface area contributed by atoms with Crippen LogP contribution < -0.4 is 19.9 Å². The highest BCUT2D eigenvalue weighted by atomic mass is 16.5. The number of hydrogen-bond donors (Lipinski definition) is 1. The van der Waals surface area contributed by atoms with Gasteiger partial charge in [0, 0.05) is 12.1 Å². The molecule has 0 atom stereocenters. The van der Waals surface area contributed by atoms with Crippen LogP contribution in [0.4, 0.5) is 5.69 Å². The Kier molecular flexibility index (Phi) is 3.93. The Labute approximate surface area is 88.5 Å². The molecule has 2 N–H and O–H groups in total. The molecule has 0 fully saturated rings. The molecule has 0 unspecified atom stereocenters. The quantitative estimate of drug-likeness (QED) is 0.588. The third-order valence-electron chi connectivity index (χ3n) is 1.87. The molecule has 1 aromatic carbocycles. The van der Waals surface area contributed by atoms with Gasteiger partial charge in [0.15, 0.2) is 17.2 Å². The molecule has 0 heterocycles. The second kappa shape index (κ2) is 5.21. The van der Waals surface area contributed by atoms with E-state index >= 15 is 0 Å². The van der Waals surface area contributed by atoms with Crippen LogP contribution in [-0.2, 0) is 0 Å². The number of rotatable bonds is 5. The molecule has 5 heteroatoms. The average molecular weight is 210 g/mol. The van der Waals surface area contributed by atoms with Crippen LogP contribution in [0.25, 0.3) is 0 Å². The first-order chi connectivity index (χ1) is 7.26. The van der Waals surface area contributed by atoms with Gasteiger partial charge in [-0.05, 0) is 6.72 Å². The van der Waals surface area contributed by atoms with E-state index in [0.29, 0.717) is 22.9 Å². The molecule has 1 rings (SSSR count). The summed E-state index contributed by atoms with van der Waals surface area (Å²) < 4.78 is 15.4. The van der Waals surface area contributed by atoms with Gasteiger partial charge in [0.25, 0.3) is 0 Å². The minimum absolute atomic E-state index is 0.0675. The highest BCUT2D eigenvalue weighted by Crippen LogP contribution is 2.39. The monoisotopic (exact) mass is 210 g/mol. The predicted octanol–water partition coefficient (Wildman–Crippen LogP) is 1.33. The third-order valence-corrected chi connectivity index (χ3v) is 1.87. The largest absolute Gasteiger partial charge is 0.493 e. The van der Waals surface area contributed by atoms with Crippen LogP contribution in [0.1, 0.15) is 0 Å². The lowest BCUT2D eigenvalue weighted by molar-refractivity contribution is 0.321. The minimum Gasteiger partial charge on any atom is -0.493 e. The molecule has 15 heavy (non-hydrogen) atoms. The lowest BCUT2D eigenvalue weighted by Crippen LogP contribution is -2.07. The normalized spacial score (nSPS) is 9.53. The van der Waals surface area contributed by atoms with Gasteiger partial charge in [-0.3, -0.25) is 10.7 Å². The molecule has 0 aliphatic heterocycles. The third kappa shape index (κ3) is 2.38. The molecule has 0 amide bonds. The Morgan fingerprint density at radius 3 is 2.27 bits per heavy atom. The van der Waals surface area contributed by atoms with Crippen LogP contribution in [0.3, 0.4) is 0 Å². The van der Waals surface area contributed by atoms with Crippen molar-refractivity contribution in [1.82, 2.24) is 0 Å². The summed E-state index contributed by atoms with van der Waals surface area (Å²) in [5.41, 5.74) is 5.86. The molecular formula is C10H14N2O3. The van der Waals surface area contributed by atoms with Gasteiger partial charge in [-0.1, -0.05) is 0 Å². The van der Waals surface area contributed by atoms with Crippen LogP contribution in [0.5, 0.6) is 17.2 Å². The average Bonchev–Trinajstić information content (AvgIpc) is 2.28. The van der Waals surface area contributed by atoms with E-state index in [9.17, 15) is 0 Å². The van der Waals surface area contributed by atoms with Gasteiger partial charge in [0.2, 0.25) is 0 Å². The standard InChI is InChI=1S/C10H14N2O3/c1-12-7-4-9(13-2)10(14-3)5-8(7)15-6-11/h4-5H,1,6,11H2,2-3H3. The zero-order valence-electron chi connectivity index (χ0n) is 8.82. The molecule has 1 aromatic rings. The molecule has 0 aliphatic carbocycles. The highest BCUT2D eigenvalue weighted by molar-refractivity contribution is 5.63. The van der Waals surface area contributed by atoms with Crippen LogP contribution in [0.2, 0.25) is 0 Å². The van der Waals surface area contributed by atoms with E-state index in [1.807, 2.05) is 0 Å². The number of nitrogens with zero attached hydrogens (tertiary/aromatic N) is 1. The number of methoxy groups -OCH3 is 2. The molecule has 0 saturated carbocycles. The van der Waals surface area contributed by atoms with E-state index in [2.05, 4.69) is 11.7 Å².